The van der Waals surface area contributed by atoms with Crippen LogP contribution in [0.4, 0.5) is 9.57 Å². The summed E-state index contributed by atoms with van der Waals surface area (Å²) in [5.74, 6) is -3.05. The van der Waals surface area contributed by atoms with Crippen molar-refractivity contribution in [1.82, 2.24) is 0 Å². The maximum atomic E-state index is 12.7. The number of carbonyl (C=O) groups is 2. The van der Waals surface area contributed by atoms with E-state index in [-0.39, 0.29) is 24.2 Å². The van der Waals surface area contributed by atoms with Crippen molar-refractivity contribution in [1.29, 1.82) is 0 Å². The fourth-order valence-electron chi connectivity index (χ4n) is 2.32. The number of halogens is 2. The van der Waals surface area contributed by atoms with Crippen LogP contribution in [0.1, 0.15) is 16.8 Å². The molecular weight excluding hydrogens is 369 g/mol. The summed E-state index contributed by atoms with van der Waals surface area (Å²) in [7, 11) is -4.67. The van der Waals surface area contributed by atoms with Gasteiger partial charge in [0.15, 0.2) is 0 Å². The van der Waals surface area contributed by atoms with E-state index in [1.54, 1.807) is 6.07 Å². The number of aromatic carboxylic acids is 1. The quantitative estimate of drug-likeness (QED) is 0.805. The van der Waals surface area contributed by atoms with Gasteiger partial charge in [0.25, 0.3) is 0 Å². The minimum absolute atomic E-state index is 0.0239. The first-order valence-electron chi connectivity index (χ1n) is 5.93. The molecule has 0 bridgehead atoms. The maximum Gasteiger partial charge on any atom is 0.337 e. The first-order valence-corrected chi connectivity index (χ1v) is 8.27. The van der Waals surface area contributed by atoms with Gasteiger partial charge in [-0.05, 0) is 18.2 Å². The van der Waals surface area contributed by atoms with Crippen molar-refractivity contribution in [3.63, 3.8) is 0 Å². The number of amides is 1. The maximum absolute atomic E-state index is 12.7. The minimum Gasteiger partial charge on any atom is -0.478 e. The van der Waals surface area contributed by atoms with Crippen LogP contribution in [-0.2, 0) is 15.0 Å². The Morgan fingerprint density at radius 2 is 2.14 bits per heavy atom. The van der Waals surface area contributed by atoms with E-state index in [9.17, 15) is 27.0 Å². The molecule has 1 saturated heterocycles. The molecule has 1 amide bonds. The first-order chi connectivity index (χ1) is 9.67. The molecule has 1 aromatic carbocycles. The molecule has 1 fully saturated rings. The predicted octanol–water partition coefficient (Wildman–Crippen LogP) is 1.80. The lowest BCUT2D eigenvalue weighted by molar-refractivity contribution is -0.117. The Bertz CT molecular complexity index is 706. The molecule has 2 rings (SSSR count). The van der Waals surface area contributed by atoms with Crippen molar-refractivity contribution in [3.8, 4) is 0 Å². The van der Waals surface area contributed by atoms with E-state index in [0.717, 1.165) is 0 Å². The molecule has 0 radical (unpaired) electrons. The average Bonchev–Trinajstić information content (AvgIpc) is 2.67. The van der Waals surface area contributed by atoms with Crippen LogP contribution in [0.3, 0.4) is 0 Å². The normalized spacial score (nSPS) is 19.0. The Kier molecular flexibility index (Phi) is 4.33. The molecule has 6 nitrogen and oxygen atoms in total. The lowest BCUT2D eigenvalue weighted by Crippen LogP contribution is -2.27. The number of rotatable bonds is 4. The number of hydrogen-bond acceptors (Lipinski definition) is 4. The smallest absolute Gasteiger partial charge is 0.337 e. The van der Waals surface area contributed by atoms with Gasteiger partial charge in [0.05, 0.1) is 17.0 Å². The Balaban J connectivity index is 2.31. The highest BCUT2D eigenvalue weighted by Gasteiger charge is 2.35. The van der Waals surface area contributed by atoms with Crippen LogP contribution in [0.5, 0.6) is 0 Å². The van der Waals surface area contributed by atoms with Gasteiger partial charge in [-0.2, -0.15) is 8.42 Å². The van der Waals surface area contributed by atoms with E-state index in [2.05, 4.69) is 15.9 Å². The topological polar surface area (TPSA) is 91.8 Å². The van der Waals surface area contributed by atoms with Crippen LogP contribution in [-0.4, -0.2) is 37.7 Å². The first kappa shape index (κ1) is 15.9. The molecule has 0 spiro atoms. The summed E-state index contributed by atoms with van der Waals surface area (Å²) in [4.78, 5) is 24.4. The summed E-state index contributed by atoms with van der Waals surface area (Å²) >= 11 is 3.14. The van der Waals surface area contributed by atoms with Gasteiger partial charge in [0.2, 0.25) is 5.91 Å². The average molecular weight is 380 g/mol. The third kappa shape index (κ3) is 3.79. The molecule has 1 aliphatic rings. The molecule has 0 aromatic heterocycles. The second-order valence-corrected chi connectivity index (χ2v) is 7.07. The summed E-state index contributed by atoms with van der Waals surface area (Å²) in [6, 6.07) is 4.39. The van der Waals surface area contributed by atoms with E-state index in [4.69, 9.17) is 0 Å². The molecule has 0 saturated carbocycles. The van der Waals surface area contributed by atoms with Gasteiger partial charge < -0.3 is 10.0 Å². The zero-order valence-corrected chi connectivity index (χ0v) is 13.0. The minimum atomic E-state index is -4.67. The van der Waals surface area contributed by atoms with Crippen molar-refractivity contribution in [2.24, 2.45) is 5.92 Å². The molecule has 1 aromatic rings. The number of carboxylic acids is 1. The fourth-order valence-corrected chi connectivity index (χ4v) is 3.47. The number of nitrogens with zero attached hydrogens (tertiary/aromatic N) is 1. The Labute approximate surface area is 128 Å². The summed E-state index contributed by atoms with van der Waals surface area (Å²) in [5.41, 5.74) is 0.0935. The summed E-state index contributed by atoms with van der Waals surface area (Å²) in [6.07, 6.45) is -0.127. The van der Waals surface area contributed by atoms with Crippen LogP contribution in [0.25, 0.3) is 0 Å². The van der Waals surface area contributed by atoms with Gasteiger partial charge in [-0.3, -0.25) is 4.79 Å². The third-order valence-corrected chi connectivity index (χ3v) is 4.48. The third-order valence-electron chi connectivity index (χ3n) is 3.12. The summed E-state index contributed by atoms with van der Waals surface area (Å²) in [6.45, 7) is -0.0239. The van der Waals surface area contributed by atoms with Gasteiger partial charge in [-0.25, -0.2) is 4.79 Å². The molecule has 1 unspecified atom stereocenters. The van der Waals surface area contributed by atoms with Crippen molar-refractivity contribution in [2.45, 2.75) is 6.42 Å². The molecule has 1 aliphatic heterocycles. The Morgan fingerprint density at radius 1 is 1.48 bits per heavy atom. The zero-order chi connectivity index (χ0) is 15.8. The van der Waals surface area contributed by atoms with Crippen molar-refractivity contribution >= 4 is 43.7 Å². The van der Waals surface area contributed by atoms with Gasteiger partial charge in [-0.1, -0.05) is 15.9 Å². The van der Waals surface area contributed by atoms with Crippen molar-refractivity contribution < 1.29 is 27.0 Å². The van der Waals surface area contributed by atoms with Gasteiger partial charge in [-0.15, -0.1) is 3.89 Å². The molecule has 114 valence electrons. The highest BCUT2D eigenvalue weighted by Crippen LogP contribution is 2.31. The van der Waals surface area contributed by atoms with E-state index in [1.807, 2.05) is 0 Å². The number of benzene rings is 1. The van der Waals surface area contributed by atoms with Gasteiger partial charge in [0, 0.05) is 23.4 Å². The second-order valence-electron chi connectivity index (χ2n) is 4.75. The largest absolute Gasteiger partial charge is 0.478 e. The molecule has 21 heavy (non-hydrogen) atoms. The highest BCUT2D eigenvalue weighted by atomic mass is 79.9. The number of anilines is 1. The standard InChI is InChI=1S/C12H11BrFNO5S/c13-8-1-2-10(9(4-8)12(17)18)15-5-7(3-11(15)16)6-21(14,19)20/h1-2,4,7H,3,5-6H2,(H,17,18). The lowest BCUT2D eigenvalue weighted by atomic mass is 10.1. The van der Waals surface area contributed by atoms with Gasteiger partial charge >= 0.3 is 16.2 Å². The number of hydrogen-bond donors (Lipinski definition) is 1. The van der Waals surface area contributed by atoms with Crippen LogP contribution >= 0.6 is 15.9 Å². The predicted molar refractivity (Wildman–Crippen MR) is 76.5 cm³/mol. The zero-order valence-electron chi connectivity index (χ0n) is 10.6. The van der Waals surface area contributed by atoms with Crippen LogP contribution in [0.15, 0.2) is 22.7 Å². The van der Waals surface area contributed by atoms with Gasteiger partial charge in [0.1, 0.15) is 0 Å². The van der Waals surface area contributed by atoms with Crippen LogP contribution in [0.2, 0.25) is 0 Å². The second kappa shape index (κ2) is 5.72. The fraction of sp³-hybridized carbons (Fsp3) is 0.333. The van der Waals surface area contributed by atoms with Crippen molar-refractivity contribution in [2.75, 3.05) is 17.2 Å². The van der Waals surface area contributed by atoms with Crippen LogP contribution < -0.4 is 4.90 Å². The molecule has 0 aliphatic carbocycles. The molecule has 1 heterocycles. The summed E-state index contributed by atoms with van der Waals surface area (Å²) in [5, 5.41) is 9.17. The van der Waals surface area contributed by atoms with E-state index in [1.165, 1.54) is 17.0 Å². The Morgan fingerprint density at radius 3 is 2.71 bits per heavy atom. The molecule has 9 heteroatoms. The number of carboxylic acid groups (broad SMARTS) is 1. The SMILES string of the molecule is O=C(O)c1cc(Br)ccc1N1CC(CS(=O)(=O)F)CC1=O. The molecular formula is C12H11BrFNO5S. The van der Waals surface area contributed by atoms with Crippen molar-refractivity contribution in [3.05, 3.63) is 28.2 Å². The molecule has 1 N–H and O–H groups in total. The summed E-state index contributed by atoms with van der Waals surface area (Å²) < 4.78 is 34.6. The van der Waals surface area contributed by atoms with Crippen LogP contribution in [0, 0.1) is 5.92 Å². The number of carbonyl (C=O) groups excluding carboxylic acids is 1. The van der Waals surface area contributed by atoms with E-state index < -0.39 is 33.8 Å². The lowest BCUT2D eigenvalue weighted by Gasteiger charge is -2.19. The monoisotopic (exact) mass is 379 g/mol. The van der Waals surface area contributed by atoms with E-state index in [0.29, 0.717) is 4.47 Å². The van der Waals surface area contributed by atoms with E-state index >= 15 is 0 Å². The highest BCUT2D eigenvalue weighted by molar-refractivity contribution is 9.10. The molecule has 1 atom stereocenters. The Hall–Kier alpha value is -1.48.